The molecule has 0 aliphatic heterocycles. The van der Waals surface area contributed by atoms with Crippen LogP contribution < -0.4 is 21.7 Å². The maximum absolute atomic E-state index is 15.1. The summed E-state index contributed by atoms with van der Waals surface area (Å²) in [6.07, 6.45) is 2.00. The second kappa shape index (κ2) is 37.2. The van der Waals surface area contributed by atoms with Crippen LogP contribution in [0.1, 0.15) is 163 Å². The monoisotopic (exact) mass is 1220 g/mol. The Kier molecular flexibility index (Phi) is 34.8. The van der Waals surface area contributed by atoms with Crippen molar-refractivity contribution in [3.63, 3.8) is 0 Å². The second-order valence-electron chi connectivity index (χ2n) is 26.2. The zero-order chi connectivity index (χ0) is 67.3. The van der Waals surface area contributed by atoms with E-state index in [1.54, 1.807) is 68.5 Å². The van der Waals surface area contributed by atoms with E-state index in [9.17, 15) is 48.6 Å². The first-order valence-electron chi connectivity index (χ1n) is 31.1. The summed E-state index contributed by atoms with van der Waals surface area (Å²) in [6.45, 7) is 32.1. The number of aliphatic hydroxyl groups excluding tert-OH is 2. The Hall–Kier alpha value is -5.68. The average molecular weight is 1220 g/mol. The molecule has 0 aromatic rings. The lowest BCUT2D eigenvalue weighted by atomic mass is 9.91. The molecule has 13 atom stereocenters. The smallest absolute Gasteiger partial charge is 0.246 e. The van der Waals surface area contributed by atoms with Gasteiger partial charge in [-0.05, 0) is 93.8 Å². The number of nitrogens with zero attached hydrogens (tertiary/aromatic N) is 7. The molecule has 10 amide bonds. The summed E-state index contributed by atoms with van der Waals surface area (Å²) in [5.41, 5.74) is 5.78. The molecule has 86 heavy (non-hydrogen) atoms. The molecular weight excluding hydrogens is 1100 g/mol. The highest BCUT2D eigenvalue weighted by Gasteiger charge is 2.45. The maximum Gasteiger partial charge on any atom is 0.246 e. The Morgan fingerprint density at radius 1 is 0.465 bits per heavy atom. The molecule has 0 rings (SSSR count). The molecule has 3 unspecified atom stereocenters. The number of nitrogens with two attached hydrogens (primary N) is 1. The van der Waals surface area contributed by atoms with Crippen LogP contribution in [0.2, 0.25) is 0 Å². The van der Waals surface area contributed by atoms with Crippen LogP contribution in [0.5, 0.6) is 0 Å². The summed E-state index contributed by atoms with van der Waals surface area (Å²) in [5, 5.41) is 30.5. The Morgan fingerprint density at radius 3 is 1.31 bits per heavy atom. The average Bonchev–Trinajstić information content (AvgIpc) is 1.55. The van der Waals surface area contributed by atoms with Crippen molar-refractivity contribution in [1.29, 1.82) is 0 Å². The third-order valence-electron chi connectivity index (χ3n) is 16.5. The number of nitrogens with one attached hydrogen (secondary N) is 3. The summed E-state index contributed by atoms with van der Waals surface area (Å²) in [6, 6.07) is -10.2. The minimum atomic E-state index is -1.59. The lowest BCUT2D eigenvalue weighted by molar-refractivity contribution is -0.157. The Morgan fingerprint density at radius 2 is 0.895 bits per heavy atom. The molecule has 23 nitrogen and oxygen atoms in total. The van der Waals surface area contributed by atoms with Crippen LogP contribution >= 0.6 is 0 Å². The van der Waals surface area contributed by atoms with Crippen molar-refractivity contribution in [2.24, 2.45) is 53.1 Å². The second-order valence-corrected chi connectivity index (χ2v) is 26.2. The van der Waals surface area contributed by atoms with E-state index < -0.39 is 138 Å². The highest BCUT2D eigenvalue weighted by Crippen LogP contribution is 2.26. The molecule has 0 heterocycles. The van der Waals surface area contributed by atoms with Crippen LogP contribution in [-0.4, -0.2) is 226 Å². The van der Waals surface area contributed by atoms with E-state index >= 15 is 9.59 Å². The molecule has 0 aliphatic carbocycles. The number of aliphatic hydroxyl groups is 2. The first-order valence-corrected chi connectivity index (χ1v) is 31.1. The number of rotatable bonds is 36. The third kappa shape index (κ3) is 23.1. The largest absolute Gasteiger partial charge is 0.390 e. The zero-order valence-electron chi connectivity index (χ0n) is 57.3. The minimum Gasteiger partial charge on any atom is -0.390 e. The molecule has 23 heteroatoms. The summed E-state index contributed by atoms with van der Waals surface area (Å²) in [7, 11) is 10.2. The Bertz CT molecular complexity index is 2250. The number of allylic oxidation sites excluding steroid dienone is 2. The fourth-order valence-corrected chi connectivity index (χ4v) is 10.7. The molecule has 0 saturated carbocycles. The minimum absolute atomic E-state index is 0.0389. The summed E-state index contributed by atoms with van der Waals surface area (Å²) in [4.78, 5) is 151. The predicted octanol–water partition coefficient (Wildman–Crippen LogP) is 3.68. The fraction of sp³-hybridized carbons (Fsp3) is 0.810. The van der Waals surface area contributed by atoms with E-state index in [-0.39, 0.29) is 67.1 Å². The Labute approximate surface area is 516 Å². The van der Waals surface area contributed by atoms with Crippen LogP contribution in [0, 0.1) is 47.3 Å². The van der Waals surface area contributed by atoms with Crippen molar-refractivity contribution in [2.75, 3.05) is 55.9 Å². The van der Waals surface area contributed by atoms with Gasteiger partial charge in [-0.3, -0.25) is 47.9 Å². The van der Waals surface area contributed by atoms with Gasteiger partial charge in [-0.2, -0.15) is 0 Å². The fourth-order valence-electron chi connectivity index (χ4n) is 10.7. The molecular formula is C63H117N11O12. The molecule has 496 valence electrons. The first kappa shape index (κ1) is 80.3. The zero-order valence-corrected chi connectivity index (χ0v) is 57.3. The quantitative estimate of drug-likeness (QED) is 0.0386. The predicted molar refractivity (Wildman–Crippen MR) is 336 cm³/mol. The van der Waals surface area contributed by atoms with Gasteiger partial charge in [-0.25, -0.2) is 0 Å². The summed E-state index contributed by atoms with van der Waals surface area (Å²) < 4.78 is 0. The van der Waals surface area contributed by atoms with E-state index in [1.807, 2.05) is 68.4 Å². The van der Waals surface area contributed by atoms with Crippen molar-refractivity contribution in [3.05, 3.63) is 12.2 Å². The van der Waals surface area contributed by atoms with Gasteiger partial charge in [0.05, 0.1) is 18.7 Å². The van der Waals surface area contributed by atoms with E-state index in [0.717, 1.165) is 9.80 Å². The number of carbonyl (C=O) groups excluding carboxylic acids is 10. The molecule has 0 spiro atoms. The van der Waals surface area contributed by atoms with Crippen LogP contribution in [0.25, 0.3) is 0 Å². The molecule has 0 bridgehead atoms. The number of likely N-dealkylation sites (N-methyl/N-ethyl adjacent to an activating group) is 7. The van der Waals surface area contributed by atoms with Gasteiger partial charge >= 0.3 is 0 Å². The van der Waals surface area contributed by atoms with Crippen LogP contribution in [0.15, 0.2) is 12.2 Å². The van der Waals surface area contributed by atoms with Crippen molar-refractivity contribution >= 4 is 59.1 Å². The van der Waals surface area contributed by atoms with Crippen LogP contribution in [0.3, 0.4) is 0 Å². The number of hydrogen-bond acceptors (Lipinski definition) is 13. The topological polar surface area (TPSA) is 296 Å². The van der Waals surface area contributed by atoms with Crippen LogP contribution in [0.4, 0.5) is 0 Å². The van der Waals surface area contributed by atoms with Gasteiger partial charge in [0.25, 0.3) is 0 Å². The number of hydrogen-bond donors (Lipinski definition) is 6. The maximum atomic E-state index is 15.1. The van der Waals surface area contributed by atoms with Crippen molar-refractivity contribution in [1.82, 2.24) is 50.2 Å². The Balaban J connectivity index is 7.12. The van der Waals surface area contributed by atoms with E-state index in [2.05, 4.69) is 16.0 Å². The highest BCUT2D eigenvalue weighted by molar-refractivity contribution is 5.98. The lowest BCUT2D eigenvalue weighted by Crippen LogP contribution is -2.63. The van der Waals surface area contributed by atoms with Gasteiger partial charge in [-0.1, -0.05) is 123 Å². The SMILES string of the molecule is C/C=C/C[C@@H](C)[C@H](O)C(C(=O)N[C@H](CC)C(=O)N(C)CC(=O)N(C)[C@@H](C(C)C)C(N)O)N(C)C(=O)[C@@H](C(C)C)N(C)C(=O)[C@@H](CC(C)C)N(C)C(=O)[C@H](CC(C)C)N(C)C(=O)[C@H](C)NC(=O)C(CC)NC(=O)[C@H](CC(C)C)N(C)C(=O)[C@H](C)C(C)C. The van der Waals surface area contributed by atoms with Crippen molar-refractivity contribution in [3.8, 4) is 0 Å². The standard InChI is InChI=1S/C63H117N11O12/c1-26-29-30-41(16)53(76)52(57(80)67-45(28-3)60(83)68(19)34-49(75)72(23)50(39(12)13)54(64)77)74(25)63(86)51(40(14)15)73(24)62(85)48(33-37(8)9)71(22)61(84)47(32-36(6)7)70(21)59(82)43(18)65-55(78)44(27-2)66-56(79)46(31-35(4)5)69(20)58(81)42(17)38(10)11/h26,29,35-48,50-54,76-77H,27-28,30-34,64H2,1-25H3,(H,65,78)(H,66,79)(H,67,80)/b29-26+/t41-,42-,43+,44?,45-,46+,47+,48-,50+,51-,52?,53+,54?/m1/s1. The van der Waals surface area contributed by atoms with Gasteiger partial charge in [0, 0.05) is 55.3 Å². The first-order chi connectivity index (χ1) is 39.6. The lowest BCUT2D eigenvalue weighted by Gasteiger charge is -2.41. The normalized spacial score (nSPS) is 16.4. The highest BCUT2D eigenvalue weighted by atomic mass is 16.3. The number of amides is 10. The van der Waals surface area contributed by atoms with Crippen molar-refractivity contribution in [2.45, 2.75) is 230 Å². The molecule has 7 N–H and O–H groups in total. The van der Waals surface area contributed by atoms with Crippen LogP contribution in [-0.2, 0) is 47.9 Å². The molecule has 0 aromatic heterocycles. The van der Waals surface area contributed by atoms with E-state index in [0.29, 0.717) is 12.8 Å². The van der Waals surface area contributed by atoms with Gasteiger partial charge in [0.2, 0.25) is 59.1 Å². The summed E-state index contributed by atoms with van der Waals surface area (Å²) >= 11 is 0. The summed E-state index contributed by atoms with van der Waals surface area (Å²) in [5.74, 6) is -7.77. The van der Waals surface area contributed by atoms with Gasteiger partial charge < -0.3 is 66.2 Å². The molecule has 0 radical (unpaired) electrons. The molecule has 0 aliphatic rings. The van der Waals surface area contributed by atoms with Crippen molar-refractivity contribution < 1.29 is 58.2 Å². The van der Waals surface area contributed by atoms with Gasteiger partial charge in [0.15, 0.2) is 0 Å². The van der Waals surface area contributed by atoms with Gasteiger partial charge in [0.1, 0.15) is 54.6 Å². The number of carbonyl (C=O) groups is 10. The van der Waals surface area contributed by atoms with Gasteiger partial charge in [-0.15, -0.1) is 0 Å². The third-order valence-corrected chi connectivity index (χ3v) is 16.5. The molecule has 0 aromatic carbocycles. The van der Waals surface area contributed by atoms with E-state index in [1.165, 1.54) is 73.7 Å². The van der Waals surface area contributed by atoms with E-state index in [4.69, 9.17) is 5.73 Å². The molecule has 0 saturated heterocycles. The molecule has 0 fully saturated rings.